The zero-order chi connectivity index (χ0) is 18.3. The summed E-state index contributed by atoms with van der Waals surface area (Å²) < 4.78 is 4.50. The average Bonchev–Trinajstić information content (AvgIpc) is 2.53. The highest BCUT2D eigenvalue weighted by molar-refractivity contribution is 5.90. The molecule has 0 saturated heterocycles. The van der Waals surface area contributed by atoms with Gasteiger partial charge >= 0.3 is 17.6 Å². The molecular weight excluding hydrogens is 322 g/mol. The quantitative estimate of drug-likeness (QED) is 0.245. The third kappa shape index (κ3) is 5.74. The third-order valence-corrected chi connectivity index (χ3v) is 3.04. The molecule has 130 valence electrons. The summed E-state index contributed by atoms with van der Waals surface area (Å²) in [5, 5.41) is 20.1. The molecule has 0 aliphatic heterocycles. The van der Waals surface area contributed by atoms with E-state index in [0.29, 0.717) is 5.56 Å². The molecule has 0 radical (unpaired) electrons. The standard InChI is InChI=1S/C14H17N3O7/c15-7-9(18)2-4-13(20)24-14(21)10(16)5-8-1-3-12(19)11(6-8)17(22)23/h1,3,6,10,19H,2,4-5,7,15-16H2/t10-/m0/s1. The molecule has 0 bridgehead atoms. The Kier molecular flexibility index (Phi) is 6.96. The molecule has 1 aromatic rings. The van der Waals surface area contributed by atoms with Crippen molar-refractivity contribution in [2.75, 3.05) is 6.54 Å². The summed E-state index contributed by atoms with van der Waals surface area (Å²) in [6.45, 7) is -0.208. The van der Waals surface area contributed by atoms with Crippen LogP contribution in [0.3, 0.4) is 0 Å². The zero-order valence-corrected chi connectivity index (χ0v) is 12.6. The second-order valence-electron chi connectivity index (χ2n) is 4.93. The fourth-order valence-electron chi connectivity index (χ4n) is 1.76. The Morgan fingerprint density at radius 1 is 1.29 bits per heavy atom. The lowest BCUT2D eigenvalue weighted by atomic mass is 10.1. The molecule has 24 heavy (non-hydrogen) atoms. The predicted octanol–water partition coefficient (Wildman–Crippen LogP) is -0.452. The van der Waals surface area contributed by atoms with Crippen molar-refractivity contribution in [3.8, 4) is 5.75 Å². The molecule has 0 heterocycles. The molecule has 0 saturated carbocycles. The summed E-state index contributed by atoms with van der Waals surface area (Å²) in [6, 6.07) is 2.31. The molecule has 0 amide bonds. The van der Waals surface area contributed by atoms with E-state index in [-0.39, 0.29) is 31.6 Å². The molecule has 10 nitrogen and oxygen atoms in total. The van der Waals surface area contributed by atoms with Gasteiger partial charge in [-0.25, -0.2) is 4.79 Å². The van der Waals surface area contributed by atoms with Crippen molar-refractivity contribution in [1.29, 1.82) is 0 Å². The van der Waals surface area contributed by atoms with Crippen molar-refractivity contribution < 1.29 is 29.2 Å². The van der Waals surface area contributed by atoms with E-state index in [4.69, 9.17) is 11.5 Å². The number of carbonyl (C=O) groups excluding carboxylic acids is 3. The first-order chi connectivity index (χ1) is 11.2. The van der Waals surface area contributed by atoms with E-state index in [9.17, 15) is 29.6 Å². The lowest BCUT2D eigenvalue weighted by Gasteiger charge is -2.10. The van der Waals surface area contributed by atoms with Gasteiger partial charge < -0.3 is 21.3 Å². The first-order valence-electron chi connectivity index (χ1n) is 6.92. The highest BCUT2D eigenvalue weighted by Gasteiger charge is 2.21. The maximum Gasteiger partial charge on any atom is 0.330 e. The number of carbonyl (C=O) groups is 3. The second-order valence-corrected chi connectivity index (χ2v) is 4.93. The molecule has 0 aromatic heterocycles. The van der Waals surface area contributed by atoms with Crippen LogP contribution in [-0.2, 0) is 25.5 Å². The van der Waals surface area contributed by atoms with Crippen LogP contribution in [0.4, 0.5) is 5.69 Å². The fourth-order valence-corrected chi connectivity index (χ4v) is 1.76. The Morgan fingerprint density at radius 2 is 1.96 bits per heavy atom. The van der Waals surface area contributed by atoms with Gasteiger partial charge in [-0.2, -0.15) is 0 Å². The van der Waals surface area contributed by atoms with E-state index in [1.54, 1.807) is 0 Å². The minimum atomic E-state index is -1.23. The van der Waals surface area contributed by atoms with E-state index >= 15 is 0 Å². The molecule has 1 aromatic carbocycles. The van der Waals surface area contributed by atoms with Crippen LogP contribution in [0.1, 0.15) is 18.4 Å². The minimum Gasteiger partial charge on any atom is -0.502 e. The van der Waals surface area contributed by atoms with Gasteiger partial charge in [0.1, 0.15) is 11.8 Å². The fraction of sp³-hybridized carbons (Fsp3) is 0.357. The Balaban J connectivity index is 2.61. The average molecular weight is 339 g/mol. The summed E-state index contributed by atoms with van der Waals surface area (Å²) in [7, 11) is 0. The summed E-state index contributed by atoms with van der Waals surface area (Å²) in [5.74, 6) is -2.79. The van der Waals surface area contributed by atoms with Crippen LogP contribution in [0, 0.1) is 10.1 Å². The number of nitrogens with zero attached hydrogens (tertiary/aromatic N) is 1. The number of esters is 2. The number of hydrogen-bond donors (Lipinski definition) is 3. The van der Waals surface area contributed by atoms with Crippen LogP contribution in [0.2, 0.25) is 0 Å². The summed E-state index contributed by atoms with van der Waals surface area (Å²) in [5.41, 5.74) is 10.5. The van der Waals surface area contributed by atoms with Crippen molar-refractivity contribution in [3.05, 3.63) is 33.9 Å². The van der Waals surface area contributed by atoms with Gasteiger partial charge in [0.15, 0.2) is 5.75 Å². The summed E-state index contributed by atoms with van der Waals surface area (Å²) >= 11 is 0. The van der Waals surface area contributed by atoms with Gasteiger partial charge in [0.25, 0.3) is 0 Å². The highest BCUT2D eigenvalue weighted by Crippen LogP contribution is 2.26. The van der Waals surface area contributed by atoms with Crippen LogP contribution in [0.5, 0.6) is 5.75 Å². The van der Waals surface area contributed by atoms with E-state index in [0.717, 1.165) is 12.1 Å². The molecule has 5 N–H and O–H groups in total. The Hall–Kier alpha value is -2.85. The van der Waals surface area contributed by atoms with Crippen LogP contribution in [0.25, 0.3) is 0 Å². The number of Topliss-reactive ketones (excluding diaryl/α,β-unsaturated/α-hetero) is 1. The molecule has 0 aliphatic carbocycles. The number of phenolic OH excluding ortho intramolecular Hbond substituents is 1. The lowest BCUT2D eigenvalue weighted by molar-refractivity contribution is -0.385. The minimum absolute atomic E-state index is 0.130. The molecule has 0 spiro atoms. The molecule has 0 aliphatic rings. The summed E-state index contributed by atoms with van der Waals surface area (Å²) in [4.78, 5) is 44.0. The number of hydrogen-bond acceptors (Lipinski definition) is 9. The number of aromatic hydroxyl groups is 1. The van der Waals surface area contributed by atoms with Gasteiger partial charge in [0.2, 0.25) is 0 Å². The third-order valence-electron chi connectivity index (χ3n) is 3.04. The molecule has 1 atom stereocenters. The Labute approximate surface area is 136 Å². The SMILES string of the molecule is NCC(=O)CCC(=O)OC(=O)[C@@H](N)Cc1ccc(O)c([N+](=O)[O-])c1. The van der Waals surface area contributed by atoms with Gasteiger partial charge in [-0.05, 0) is 18.1 Å². The number of nitro benzene ring substituents is 1. The highest BCUT2D eigenvalue weighted by atomic mass is 16.6. The smallest absolute Gasteiger partial charge is 0.330 e. The number of nitro groups is 1. The van der Waals surface area contributed by atoms with Crippen molar-refractivity contribution in [3.63, 3.8) is 0 Å². The molecule has 10 heteroatoms. The van der Waals surface area contributed by atoms with Gasteiger partial charge in [0, 0.05) is 12.5 Å². The van der Waals surface area contributed by atoms with Gasteiger partial charge in [-0.15, -0.1) is 0 Å². The number of nitrogens with two attached hydrogens (primary N) is 2. The lowest BCUT2D eigenvalue weighted by Crippen LogP contribution is -2.35. The Bertz CT molecular complexity index is 660. The first kappa shape index (κ1) is 19.2. The number of benzene rings is 1. The van der Waals surface area contributed by atoms with Crippen LogP contribution >= 0.6 is 0 Å². The van der Waals surface area contributed by atoms with Crippen LogP contribution < -0.4 is 11.5 Å². The second kappa shape index (κ2) is 8.70. The van der Waals surface area contributed by atoms with E-state index in [1.165, 1.54) is 6.07 Å². The molecular formula is C14H17N3O7. The van der Waals surface area contributed by atoms with Gasteiger partial charge in [0.05, 0.1) is 17.9 Å². The van der Waals surface area contributed by atoms with Crippen molar-refractivity contribution in [2.45, 2.75) is 25.3 Å². The first-order valence-corrected chi connectivity index (χ1v) is 6.92. The number of rotatable bonds is 8. The topological polar surface area (TPSA) is 176 Å². The monoisotopic (exact) mass is 339 g/mol. The molecule has 0 unspecified atom stereocenters. The van der Waals surface area contributed by atoms with Crippen molar-refractivity contribution in [1.82, 2.24) is 0 Å². The maximum atomic E-state index is 11.7. The Morgan fingerprint density at radius 3 is 2.54 bits per heavy atom. The summed E-state index contributed by atoms with van der Waals surface area (Å²) in [6.07, 6.45) is -0.559. The van der Waals surface area contributed by atoms with Crippen molar-refractivity contribution in [2.24, 2.45) is 11.5 Å². The van der Waals surface area contributed by atoms with E-state index in [2.05, 4.69) is 4.74 Å². The normalized spacial score (nSPS) is 11.6. The van der Waals surface area contributed by atoms with Gasteiger partial charge in [-0.1, -0.05) is 6.07 Å². The molecule has 0 fully saturated rings. The van der Waals surface area contributed by atoms with Crippen molar-refractivity contribution >= 4 is 23.4 Å². The largest absolute Gasteiger partial charge is 0.502 e. The zero-order valence-electron chi connectivity index (χ0n) is 12.6. The number of phenols is 1. The predicted molar refractivity (Wildman–Crippen MR) is 80.8 cm³/mol. The number of ether oxygens (including phenoxy) is 1. The van der Waals surface area contributed by atoms with Gasteiger partial charge in [-0.3, -0.25) is 19.7 Å². The molecule has 1 rings (SSSR count). The van der Waals surface area contributed by atoms with Crippen LogP contribution in [-0.4, -0.2) is 40.3 Å². The maximum absolute atomic E-state index is 11.7. The van der Waals surface area contributed by atoms with E-state index < -0.39 is 34.3 Å². The number of ketones is 1. The van der Waals surface area contributed by atoms with E-state index in [1.807, 2.05) is 0 Å². The van der Waals surface area contributed by atoms with Crippen LogP contribution in [0.15, 0.2) is 18.2 Å².